The summed E-state index contributed by atoms with van der Waals surface area (Å²) >= 11 is 0. The summed E-state index contributed by atoms with van der Waals surface area (Å²) in [5.41, 5.74) is -0.512. The van der Waals surface area contributed by atoms with E-state index in [1.165, 1.54) is 0 Å². The summed E-state index contributed by atoms with van der Waals surface area (Å²) in [7, 11) is 0. The van der Waals surface area contributed by atoms with Crippen molar-refractivity contribution in [2.75, 3.05) is 6.54 Å². The summed E-state index contributed by atoms with van der Waals surface area (Å²) < 4.78 is 38.9. The Labute approximate surface area is 111 Å². The van der Waals surface area contributed by atoms with Crippen LogP contribution in [0.4, 0.5) is 13.2 Å². The van der Waals surface area contributed by atoms with Gasteiger partial charge in [0, 0.05) is 18.5 Å². The number of carbonyl (C=O) groups is 2. The van der Waals surface area contributed by atoms with Gasteiger partial charge in [0.1, 0.15) is 6.04 Å². The maximum Gasteiger partial charge on any atom is 0.326 e. The molecule has 1 aromatic carbocycles. The van der Waals surface area contributed by atoms with E-state index in [1.807, 2.05) is 0 Å². The van der Waals surface area contributed by atoms with E-state index in [0.717, 1.165) is 4.90 Å². The van der Waals surface area contributed by atoms with E-state index in [-0.39, 0.29) is 13.0 Å². The number of carbonyl (C=O) groups excluding carboxylic acids is 1. The van der Waals surface area contributed by atoms with Crippen LogP contribution in [0.5, 0.6) is 0 Å². The number of benzene rings is 1. The van der Waals surface area contributed by atoms with Crippen LogP contribution in [0.1, 0.15) is 16.8 Å². The Morgan fingerprint density at radius 2 is 1.75 bits per heavy atom. The topological polar surface area (TPSA) is 77.8 Å². The van der Waals surface area contributed by atoms with Crippen LogP contribution in [0.3, 0.4) is 0 Å². The Kier molecular flexibility index (Phi) is 3.67. The van der Waals surface area contributed by atoms with Crippen molar-refractivity contribution in [2.24, 2.45) is 0 Å². The van der Waals surface area contributed by atoms with Gasteiger partial charge in [-0.05, 0) is 12.1 Å². The van der Waals surface area contributed by atoms with E-state index in [1.54, 1.807) is 0 Å². The second-order valence-electron chi connectivity index (χ2n) is 4.45. The number of aliphatic hydroxyl groups is 1. The van der Waals surface area contributed by atoms with Gasteiger partial charge in [0.15, 0.2) is 17.5 Å². The van der Waals surface area contributed by atoms with Crippen molar-refractivity contribution < 1.29 is 33.0 Å². The average Bonchev–Trinajstić information content (AvgIpc) is 2.76. The van der Waals surface area contributed by atoms with Gasteiger partial charge < -0.3 is 15.1 Å². The fourth-order valence-electron chi connectivity index (χ4n) is 2.12. The van der Waals surface area contributed by atoms with E-state index >= 15 is 0 Å². The third-order valence-electron chi connectivity index (χ3n) is 3.06. The minimum absolute atomic E-state index is 0.173. The van der Waals surface area contributed by atoms with Crippen molar-refractivity contribution in [2.45, 2.75) is 18.6 Å². The Morgan fingerprint density at radius 1 is 1.20 bits per heavy atom. The fraction of sp³-hybridized carbons (Fsp3) is 0.333. The molecule has 1 saturated heterocycles. The maximum absolute atomic E-state index is 13.1. The standard InChI is InChI=1S/C12H10F3NO4/c13-7-1-5(2-8(14)10(7)15)11(18)16-4-6(17)3-9(16)12(19)20/h1-2,6,9,17H,3-4H2,(H,19,20)/t6-,9-/m1/s1. The van der Waals surface area contributed by atoms with Gasteiger partial charge in [0.25, 0.3) is 5.91 Å². The zero-order valence-corrected chi connectivity index (χ0v) is 10.0. The van der Waals surface area contributed by atoms with Gasteiger partial charge in [-0.25, -0.2) is 18.0 Å². The van der Waals surface area contributed by atoms with E-state index in [4.69, 9.17) is 5.11 Å². The lowest BCUT2D eigenvalue weighted by Crippen LogP contribution is -2.40. The highest BCUT2D eigenvalue weighted by Gasteiger charge is 2.39. The number of nitrogens with zero attached hydrogens (tertiary/aromatic N) is 1. The molecular weight excluding hydrogens is 279 g/mol. The number of amides is 1. The largest absolute Gasteiger partial charge is 0.480 e. The first-order valence-electron chi connectivity index (χ1n) is 5.67. The number of aliphatic hydroxyl groups excluding tert-OH is 1. The monoisotopic (exact) mass is 289 g/mol. The number of hydrogen-bond acceptors (Lipinski definition) is 3. The van der Waals surface area contributed by atoms with Crippen molar-refractivity contribution in [3.05, 3.63) is 35.1 Å². The number of carboxylic acid groups (broad SMARTS) is 1. The van der Waals surface area contributed by atoms with E-state index in [9.17, 15) is 27.9 Å². The fourth-order valence-corrected chi connectivity index (χ4v) is 2.12. The predicted octanol–water partition coefficient (Wildman–Crippen LogP) is 0.764. The number of β-amino-alcohol motifs (C(OH)–C–C–N with tert-alkyl or cyclic N) is 1. The highest BCUT2D eigenvalue weighted by molar-refractivity contribution is 5.97. The van der Waals surface area contributed by atoms with E-state index < -0.39 is 47.0 Å². The second-order valence-corrected chi connectivity index (χ2v) is 4.45. The molecule has 8 heteroatoms. The molecule has 1 aliphatic rings. The molecule has 0 spiro atoms. The van der Waals surface area contributed by atoms with Crippen LogP contribution in [0.15, 0.2) is 12.1 Å². The first-order valence-corrected chi connectivity index (χ1v) is 5.67. The lowest BCUT2D eigenvalue weighted by atomic mass is 10.1. The minimum atomic E-state index is -1.71. The molecular formula is C12H10F3NO4. The number of carboxylic acids is 1. The number of likely N-dealkylation sites (tertiary alicyclic amines) is 1. The molecule has 1 amide bonds. The van der Waals surface area contributed by atoms with Gasteiger partial charge >= 0.3 is 5.97 Å². The minimum Gasteiger partial charge on any atom is -0.480 e. The highest BCUT2D eigenvalue weighted by atomic mass is 19.2. The van der Waals surface area contributed by atoms with Crippen molar-refractivity contribution in [3.63, 3.8) is 0 Å². The number of hydrogen-bond donors (Lipinski definition) is 2. The van der Waals surface area contributed by atoms with E-state index in [0.29, 0.717) is 12.1 Å². The summed E-state index contributed by atoms with van der Waals surface area (Å²) in [5, 5.41) is 18.3. The molecule has 1 aromatic rings. The Bertz CT molecular complexity index is 555. The lowest BCUT2D eigenvalue weighted by Gasteiger charge is -2.21. The third kappa shape index (κ3) is 2.46. The first-order chi connectivity index (χ1) is 9.31. The molecule has 1 heterocycles. The summed E-state index contributed by atoms with van der Waals surface area (Å²) in [4.78, 5) is 23.8. The average molecular weight is 289 g/mol. The quantitative estimate of drug-likeness (QED) is 0.788. The molecule has 1 aliphatic heterocycles. The van der Waals surface area contributed by atoms with Gasteiger partial charge in [-0.3, -0.25) is 4.79 Å². The summed E-state index contributed by atoms with van der Waals surface area (Å²) in [6.45, 7) is -0.267. The maximum atomic E-state index is 13.1. The molecule has 0 bridgehead atoms. The Morgan fingerprint density at radius 3 is 2.25 bits per heavy atom. The number of halogens is 3. The zero-order valence-electron chi connectivity index (χ0n) is 10.0. The van der Waals surface area contributed by atoms with Crippen molar-refractivity contribution in [3.8, 4) is 0 Å². The van der Waals surface area contributed by atoms with Gasteiger partial charge in [-0.15, -0.1) is 0 Å². The molecule has 0 aliphatic carbocycles. The van der Waals surface area contributed by atoms with Gasteiger partial charge in [0.05, 0.1) is 6.10 Å². The van der Waals surface area contributed by atoms with Gasteiger partial charge in [0.2, 0.25) is 0 Å². The van der Waals surface area contributed by atoms with Gasteiger partial charge in [-0.1, -0.05) is 0 Å². The molecule has 2 atom stereocenters. The highest BCUT2D eigenvalue weighted by Crippen LogP contribution is 2.22. The second kappa shape index (κ2) is 5.12. The van der Waals surface area contributed by atoms with Gasteiger partial charge in [-0.2, -0.15) is 0 Å². The van der Waals surface area contributed by atoms with Crippen LogP contribution in [0, 0.1) is 17.5 Å². The number of aliphatic carboxylic acids is 1. The molecule has 2 N–H and O–H groups in total. The third-order valence-corrected chi connectivity index (χ3v) is 3.06. The normalized spacial score (nSPS) is 22.1. The van der Waals surface area contributed by atoms with Crippen LogP contribution >= 0.6 is 0 Å². The molecule has 5 nitrogen and oxygen atoms in total. The van der Waals surface area contributed by atoms with Crippen LogP contribution in [-0.4, -0.2) is 45.7 Å². The number of rotatable bonds is 2. The zero-order chi connectivity index (χ0) is 15.0. The Balaban J connectivity index is 2.33. The summed E-state index contributed by atoms with van der Waals surface area (Å²) in [6, 6.07) is -0.303. The predicted molar refractivity (Wildman–Crippen MR) is 59.4 cm³/mol. The molecule has 0 radical (unpaired) electrons. The first kappa shape index (κ1) is 14.3. The SMILES string of the molecule is O=C(O)[C@H]1C[C@@H](O)CN1C(=O)c1cc(F)c(F)c(F)c1. The van der Waals surface area contributed by atoms with Crippen molar-refractivity contribution >= 4 is 11.9 Å². The van der Waals surface area contributed by atoms with Crippen molar-refractivity contribution in [1.82, 2.24) is 4.90 Å². The van der Waals surface area contributed by atoms with Crippen LogP contribution < -0.4 is 0 Å². The van der Waals surface area contributed by atoms with Crippen LogP contribution in [-0.2, 0) is 4.79 Å². The molecule has 0 aromatic heterocycles. The Hall–Kier alpha value is -2.09. The van der Waals surface area contributed by atoms with Crippen molar-refractivity contribution in [1.29, 1.82) is 0 Å². The molecule has 108 valence electrons. The lowest BCUT2D eigenvalue weighted by molar-refractivity contribution is -0.141. The molecule has 2 rings (SSSR count). The molecule has 1 fully saturated rings. The van der Waals surface area contributed by atoms with Crippen LogP contribution in [0.2, 0.25) is 0 Å². The van der Waals surface area contributed by atoms with Crippen LogP contribution in [0.25, 0.3) is 0 Å². The molecule has 0 saturated carbocycles. The summed E-state index contributed by atoms with van der Waals surface area (Å²) in [5.74, 6) is -7.11. The molecule has 0 unspecified atom stereocenters. The van der Waals surface area contributed by atoms with E-state index in [2.05, 4.69) is 0 Å². The smallest absolute Gasteiger partial charge is 0.326 e. The summed E-state index contributed by atoms with van der Waals surface area (Å²) in [6.07, 6.45) is -1.21. The molecule has 20 heavy (non-hydrogen) atoms.